The molecule has 0 aromatic heterocycles. The van der Waals surface area contributed by atoms with Crippen molar-refractivity contribution in [3.8, 4) is 0 Å². The van der Waals surface area contributed by atoms with E-state index in [0.29, 0.717) is 6.04 Å². The number of rotatable bonds is 5. The first-order valence-corrected chi connectivity index (χ1v) is 6.19. The molecule has 0 aromatic rings. The molecule has 1 fully saturated rings. The summed E-state index contributed by atoms with van der Waals surface area (Å²) in [6, 6.07) is 0.522. The number of nitrogens with one attached hydrogen (secondary N) is 1. The summed E-state index contributed by atoms with van der Waals surface area (Å²) >= 11 is 0. The van der Waals surface area contributed by atoms with Crippen LogP contribution in [0.3, 0.4) is 0 Å². The summed E-state index contributed by atoms with van der Waals surface area (Å²) in [5.41, 5.74) is 6.56. The SMILES string of the molecule is CNC1CCCCC1(N)CCCN(C)C. The van der Waals surface area contributed by atoms with Crippen molar-refractivity contribution in [2.45, 2.75) is 50.1 Å². The summed E-state index contributed by atoms with van der Waals surface area (Å²) < 4.78 is 0. The Bertz CT molecular complexity index is 182. The zero-order valence-electron chi connectivity index (χ0n) is 10.6. The molecule has 2 atom stereocenters. The lowest BCUT2D eigenvalue weighted by molar-refractivity contribution is 0.201. The molecule has 0 amide bonds. The first-order chi connectivity index (χ1) is 7.08. The van der Waals surface area contributed by atoms with Gasteiger partial charge in [0.05, 0.1) is 0 Å². The average Bonchev–Trinajstić information content (AvgIpc) is 2.17. The van der Waals surface area contributed by atoms with Crippen molar-refractivity contribution in [1.82, 2.24) is 10.2 Å². The van der Waals surface area contributed by atoms with Crippen molar-refractivity contribution in [3.05, 3.63) is 0 Å². The minimum absolute atomic E-state index is 0.0447. The van der Waals surface area contributed by atoms with Crippen molar-refractivity contribution < 1.29 is 0 Å². The zero-order chi connectivity index (χ0) is 11.3. The Morgan fingerprint density at radius 1 is 1.40 bits per heavy atom. The highest BCUT2D eigenvalue weighted by Gasteiger charge is 2.35. The standard InChI is InChI=1S/C12H27N3/c1-14-11-7-4-5-8-12(11,13)9-6-10-15(2)3/h11,14H,4-10,13H2,1-3H3. The molecule has 0 aliphatic heterocycles. The smallest absolute Gasteiger partial charge is 0.0310 e. The van der Waals surface area contributed by atoms with Crippen LogP contribution in [0, 0.1) is 0 Å². The lowest BCUT2D eigenvalue weighted by Gasteiger charge is -2.41. The molecule has 90 valence electrons. The third kappa shape index (κ3) is 3.74. The Morgan fingerprint density at radius 3 is 2.73 bits per heavy atom. The highest BCUT2D eigenvalue weighted by atomic mass is 15.0. The second kappa shape index (κ2) is 5.83. The minimum atomic E-state index is 0.0447. The van der Waals surface area contributed by atoms with Crippen molar-refractivity contribution in [2.24, 2.45) is 5.73 Å². The van der Waals surface area contributed by atoms with Crippen LogP contribution in [0.15, 0.2) is 0 Å². The number of hydrogen-bond acceptors (Lipinski definition) is 3. The van der Waals surface area contributed by atoms with Gasteiger partial charge in [-0.05, 0) is 53.4 Å². The van der Waals surface area contributed by atoms with Crippen LogP contribution < -0.4 is 11.1 Å². The number of nitrogens with zero attached hydrogens (tertiary/aromatic N) is 1. The molecule has 15 heavy (non-hydrogen) atoms. The van der Waals surface area contributed by atoms with Gasteiger partial charge in [-0.2, -0.15) is 0 Å². The fourth-order valence-electron chi connectivity index (χ4n) is 2.72. The Hall–Kier alpha value is -0.120. The lowest BCUT2D eigenvalue weighted by Crippen LogP contribution is -2.58. The van der Waals surface area contributed by atoms with E-state index in [0.717, 1.165) is 13.0 Å². The first kappa shape index (κ1) is 12.9. The van der Waals surface area contributed by atoms with Crippen LogP contribution in [0.1, 0.15) is 38.5 Å². The van der Waals surface area contributed by atoms with Gasteiger partial charge in [-0.1, -0.05) is 12.8 Å². The third-order valence-corrected chi connectivity index (χ3v) is 3.68. The van der Waals surface area contributed by atoms with Crippen LogP contribution in [-0.2, 0) is 0 Å². The molecule has 1 aliphatic rings. The van der Waals surface area contributed by atoms with Gasteiger partial charge in [0, 0.05) is 11.6 Å². The van der Waals surface area contributed by atoms with Gasteiger partial charge in [0.25, 0.3) is 0 Å². The van der Waals surface area contributed by atoms with Crippen LogP contribution in [0.4, 0.5) is 0 Å². The number of likely N-dealkylation sites (N-methyl/N-ethyl adjacent to an activating group) is 1. The monoisotopic (exact) mass is 213 g/mol. The van der Waals surface area contributed by atoms with Crippen LogP contribution in [0.25, 0.3) is 0 Å². The summed E-state index contributed by atoms with van der Waals surface area (Å²) in [6.45, 7) is 1.15. The van der Waals surface area contributed by atoms with E-state index >= 15 is 0 Å². The topological polar surface area (TPSA) is 41.3 Å². The largest absolute Gasteiger partial charge is 0.324 e. The normalized spacial score (nSPS) is 32.2. The van der Waals surface area contributed by atoms with Gasteiger partial charge in [-0.15, -0.1) is 0 Å². The van der Waals surface area contributed by atoms with E-state index in [9.17, 15) is 0 Å². The number of hydrogen-bond donors (Lipinski definition) is 2. The van der Waals surface area contributed by atoms with Gasteiger partial charge in [0.2, 0.25) is 0 Å². The molecule has 1 aliphatic carbocycles. The Labute approximate surface area is 94.4 Å². The van der Waals surface area contributed by atoms with E-state index in [1.165, 1.54) is 32.1 Å². The van der Waals surface area contributed by atoms with Gasteiger partial charge >= 0.3 is 0 Å². The van der Waals surface area contributed by atoms with Crippen LogP contribution in [0.2, 0.25) is 0 Å². The van der Waals surface area contributed by atoms with Crippen molar-refractivity contribution in [3.63, 3.8) is 0 Å². The van der Waals surface area contributed by atoms with Gasteiger partial charge in [-0.25, -0.2) is 0 Å². The Balaban J connectivity index is 2.39. The lowest BCUT2D eigenvalue weighted by atomic mass is 9.75. The van der Waals surface area contributed by atoms with Crippen molar-refractivity contribution in [2.75, 3.05) is 27.7 Å². The van der Waals surface area contributed by atoms with E-state index in [1.54, 1.807) is 0 Å². The molecule has 3 N–H and O–H groups in total. The molecule has 3 heteroatoms. The maximum atomic E-state index is 6.52. The molecule has 0 radical (unpaired) electrons. The van der Waals surface area contributed by atoms with Gasteiger partial charge in [0.1, 0.15) is 0 Å². The average molecular weight is 213 g/mol. The summed E-state index contributed by atoms with van der Waals surface area (Å²) in [7, 11) is 6.29. The molecule has 2 unspecified atom stereocenters. The number of nitrogens with two attached hydrogens (primary N) is 1. The van der Waals surface area contributed by atoms with E-state index < -0.39 is 0 Å². The second-order valence-electron chi connectivity index (χ2n) is 5.23. The fraction of sp³-hybridized carbons (Fsp3) is 1.00. The van der Waals surface area contributed by atoms with Crippen molar-refractivity contribution >= 4 is 0 Å². The molecular formula is C12H27N3. The molecule has 0 spiro atoms. The molecule has 0 bridgehead atoms. The van der Waals surface area contributed by atoms with E-state index in [-0.39, 0.29) is 5.54 Å². The maximum Gasteiger partial charge on any atom is 0.0310 e. The molecule has 0 aromatic carbocycles. The van der Waals surface area contributed by atoms with E-state index in [1.807, 2.05) is 7.05 Å². The maximum absolute atomic E-state index is 6.52. The molecule has 1 rings (SSSR count). The second-order valence-corrected chi connectivity index (χ2v) is 5.23. The van der Waals surface area contributed by atoms with E-state index in [4.69, 9.17) is 5.73 Å². The summed E-state index contributed by atoms with van der Waals surface area (Å²) in [5, 5.41) is 3.39. The van der Waals surface area contributed by atoms with E-state index in [2.05, 4.69) is 24.3 Å². The molecule has 0 heterocycles. The Morgan fingerprint density at radius 2 is 2.13 bits per heavy atom. The van der Waals surface area contributed by atoms with Crippen LogP contribution in [-0.4, -0.2) is 44.2 Å². The summed E-state index contributed by atoms with van der Waals surface area (Å²) in [4.78, 5) is 2.24. The zero-order valence-corrected chi connectivity index (χ0v) is 10.6. The molecule has 3 nitrogen and oxygen atoms in total. The van der Waals surface area contributed by atoms with Crippen LogP contribution in [0.5, 0.6) is 0 Å². The quantitative estimate of drug-likeness (QED) is 0.721. The van der Waals surface area contributed by atoms with Gasteiger partial charge in [-0.3, -0.25) is 0 Å². The van der Waals surface area contributed by atoms with Gasteiger partial charge in [0.15, 0.2) is 0 Å². The van der Waals surface area contributed by atoms with Gasteiger partial charge < -0.3 is 16.0 Å². The minimum Gasteiger partial charge on any atom is -0.324 e. The molecular weight excluding hydrogens is 186 g/mol. The predicted octanol–water partition coefficient (Wildman–Crippen LogP) is 1.19. The summed E-state index contributed by atoms with van der Waals surface area (Å²) in [5.74, 6) is 0. The fourth-order valence-corrected chi connectivity index (χ4v) is 2.72. The Kier molecular flexibility index (Phi) is 5.03. The van der Waals surface area contributed by atoms with Crippen molar-refractivity contribution in [1.29, 1.82) is 0 Å². The highest BCUT2D eigenvalue weighted by Crippen LogP contribution is 2.30. The van der Waals surface area contributed by atoms with Crippen LogP contribution >= 0.6 is 0 Å². The summed E-state index contributed by atoms with van der Waals surface area (Å²) in [6.07, 6.45) is 7.42. The third-order valence-electron chi connectivity index (χ3n) is 3.68. The first-order valence-electron chi connectivity index (χ1n) is 6.19. The molecule has 1 saturated carbocycles. The molecule has 0 saturated heterocycles. The highest BCUT2D eigenvalue weighted by molar-refractivity contribution is 4.98. The predicted molar refractivity (Wildman–Crippen MR) is 66.0 cm³/mol.